The van der Waals surface area contributed by atoms with Gasteiger partial charge in [-0.15, -0.1) is 4.99 Å². The van der Waals surface area contributed by atoms with Crippen LogP contribution in [-0.2, 0) is 13.2 Å². The molecule has 4 aromatic heterocycles. The van der Waals surface area contributed by atoms with Gasteiger partial charge < -0.3 is 9.30 Å². The van der Waals surface area contributed by atoms with E-state index in [1.165, 1.54) is 13.2 Å². The molecule has 1 aromatic carbocycles. The first kappa shape index (κ1) is 22.1. The Morgan fingerprint density at radius 1 is 0.971 bits per heavy atom. The Kier molecular flexibility index (Phi) is 5.21. The summed E-state index contributed by atoms with van der Waals surface area (Å²) < 4.78 is 47.6. The number of hydrogen-bond donors (Lipinski definition) is 0. The molecule has 0 aliphatic heterocycles. The Labute approximate surface area is 196 Å². The van der Waals surface area contributed by atoms with E-state index in [2.05, 4.69) is 19.9 Å². The van der Waals surface area contributed by atoms with Gasteiger partial charge in [-0.3, -0.25) is 9.55 Å². The van der Waals surface area contributed by atoms with Gasteiger partial charge in [0.25, 0.3) is 0 Å². The van der Waals surface area contributed by atoms with Gasteiger partial charge in [-0.2, -0.15) is 18.4 Å². The fraction of sp³-hybridized carbons (Fsp3) is 0.125. The van der Waals surface area contributed by atoms with Crippen molar-refractivity contribution in [3.8, 4) is 28.9 Å². The molecule has 5 aromatic rings. The molecule has 0 N–H and O–H groups in total. The first-order chi connectivity index (χ1) is 16.8. The normalized spacial score (nSPS) is 12.3. The minimum Gasteiger partial charge on any atom is -0.481 e. The maximum absolute atomic E-state index is 13.1. The van der Waals surface area contributed by atoms with Crippen molar-refractivity contribution in [2.45, 2.75) is 6.18 Å². The Bertz CT molecular complexity index is 1680. The lowest BCUT2D eigenvalue weighted by Crippen LogP contribution is -2.23. The average molecular weight is 475 g/mol. The van der Waals surface area contributed by atoms with Gasteiger partial charge in [0.05, 0.1) is 41.7 Å². The molecule has 0 aliphatic rings. The zero-order valence-electron chi connectivity index (χ0n) is 18.4. The minimum absolute atomic E-state index is 0.217. The van der Waals surface area contributed by atoms with Crippen molar-refractivity contribution in [1.82, 2.24) is 24.1 Å². The number of ether oxygens (including phenoxy) is 1. The fourth-order valence-electron chi connectivity index (χ4n) is 3.96. The van der Waals surface area contributed by atoms with Crippen LogP contribution >= 0.6 is 0 Å². The van der Waals surface area contributed by atoms with Crippen LogP contribution in [0.4, 0.5) is 13.2 Å². The van der Waals surface area contributed by atoms with Crippen molar-refractivity contribution in [3.05, 3.63) is 72.4 Å². The number of methoxy groups -OCH3 is 1. The third-order valence-electron chi connectivity index (χ3n) is 5.63. The zero-order valence-corrected chi connectivity index (χ0v) is 18.4. The van der Waals surface area contributed by atoms with Crippen LogP contribution in [0.3, 0.4) is 0 Å². The molecule has 0 saturated carbocycles. The summed E-state index contributed by atoms with van der Waals surface area (Å²) in [5.41, 5.74) is 3.13. The molecule has 174 valence electrons. The van der Waals surface area contributed by atoms with Crippen molar-refractivity contribution in [3.63, 3.8) is 0 Å². The second-order valence-corrected chi connectivity index (χ2v) is 7.62. The molecule has 4 heterocycles. The van der Waals surface area contributed by atoms with E-state index >= 15 is 0 Å². The van der Waals surface area contributed by atoms with Crippen molar-refractivity contribution in [1.29, 1.82) is 5.26 Å². The summed E-state index contributed by atoms with van der Waals surface area (Å²) in [7, 11) is 3.24. The summed E-state index contributed by atoms with van der Waals surface area (Å²) in [6.45, 7) is 0. The maximum Gasteiger partial charge on any atom is 0.433 e. The standard InChI is InChI=1S/C24H16F3N7O/c1-33-19-12-29-18-6-3-14(15-4-8-21(35-2)31-10-15)9-17(18)22(19)34(23(33)32-13-28)16-5-7-20(30-11-16)24(25,26)27/h3-12H,1-2H3. The molecule has 35 heavy (non-hydrogen) atoms. The molecule has 11 heteroatoms. The van der Waals surface area contributed by atoms with Crippen LogP contribution in [0.1, 0.15) is 5.69 Å². The summed E-state index contributed by atoms with van der Waals surface area (Å²) in [5, 5.41) is 10.0. The molecule has 0 atom stereocenters. The van der Waals surface area contributed by atoms with Crippen molar-refractivity contribution < 1.29 is 17.9 Å². The molecule has 0 spiro atoms. The van der Waals surface area contributed by atoms with Gasteiger partial charge in [-0.1, -0.05) is 6.07 Å². The summed E-state index contributed by atoms with van der Waals surface area (Å²) in [6.07, 6.45) is 1.63. The van der Waals surface area contributed by atoms with E-state index in [4.69, 9.17) is 4.74 Å². The highest BCUT2D eigenvalue weighted by molar-refractivity contribution is 6.04. The topological polar surface area (TPSA) is 93.9 Å². The number of imidazole rings is 1. The Morgan fingerprint density at radius 2 is 1.77 bits per heavy atom. The lowest BCUT2D eigenvalue weighted by molar-refractivity contribution is -0.141. The number of alkyl halides is 3. The molecule has 0 unspecified atom stereocenters. The number of fused-ring (bicyclic) bond motifs is 3. The number of aromatic nitrogens is 5. The molecular weight excluding hydrogens is 459 g/mol. The maximum atomic E-state index is 13.1. The largest absolute Gasteiger partial charge is 0.481 e. The third-order valence-corrected chi connectivity index (χ3v) is 5.63. The highest BCUT2D eigenvalue weighted by Crippen LogP contribution is 2.31. The Balaban J connectivity index is 1.82. The molecule has 0 fully saturated rings. The smallest absolute Gasteiger partial charge is 0.433 e. The summed E-state index contributed by atoms with van der Waals surface area (Å²) in [6, 6.07) is 11.5. The molecule has 0 radical (unpaired) electrons. The SMILES string of the molecule is COc1ccc(-c2ccc3ncc4c(c3c2)n(-c2ccc(C(F)(F)F)nc2)c(=NC#N)n4C)cn1. The Morgan fingerprint density at radius 3 is 2.40 bits per heavy atom. The van der Waals surface area contributed by atoms with Gasteiger partial charge in [0, 0.05) is 30.3 Å². The molecule has 0 aliphatic carbocycles. The lowest BCUT2D eigenvalue weighted by Gasteiger charge is -2.10. The molecule has 0 amide bonds. The van der Waals surface area contributed by atoms with E-state index in [0.717, 1.165) is 23.4 Å². The van der Waals surface area contributed by atoms with E-state index in [1.807, 2.05) is 24.3 Å². The first-order valence-electron chi connectivity index (χ1n) is 10.3. The van der Waals surface area contributed by atoms with E-state index < -0.39 is 11.9 Å². The number of halogens is 3. The monoisotopic (exact) mass is 475 g/mol. The first-order valence-corrected chi connectivity index (χ1v) is 10.3. The van der Waals surface area contributed by atoms with Gasteiger partial charge in [0.15, 0.2) is 0 Å². The van der Waals surface area contributed by atoms with Crippen LogP contribution in [0.25, 0.3) is 38.8 Å². The number of nitriles is 1. The van der Waals surface area contributed by atoms with Gasteiger partial charge in [-0.05, 0) is 35.9 Å². The van der Waals surface area contributed by atoms with Crippen molar-refractivity contribution >= 4 is 21.9 Å². The number of pyridine rings is 3. The summed E-state index contributed by atoms with van der Waals surface area (Å²) in [4.78, 5) is 16.3. The molecular formula is C24H16F3N7O. The Hall–Kier alpha value is -4.72. The molecule has 8 nitrogen and oxygen atoms in total. The van der Waals surface area contributed by atoms with Gasteiger partial charge in [0.2, 0.25) is 17.7 Å². The number of nitrogens with zero attached hydrogens (tertiary/aromatic N) is 7. The number of hydrogen-bond acceptors (Lipinski definition) is 6. The number of benzene rings is 1. The average Bonchev–Trinajstić information content (AvgIpc) is 3.15. The van der Waals surface area contributed by atoms with Crippen LogP contribution in [-0.4, -0.2) is 31.2 Å². The van der Waals surface area contributed by atoms with Gasteiger partial charge >= 0.3 is 6.18 Å². The summed E-state index contributed by atoms with van der Waals surface area (Å²) in [5.74, 6) is 0.483. The summed E-state index contributed by atoms with van der Waals surface area (Å²) >= 11 is 0. The highest BCUT2D eigenvalue weighted by Gasteiger charge is 2.32. The van der Waals surface area contributed by atoms with E-state index in [1.54, 1.807) is 40.8 Å². The second-order valence-electron chi connectivity index (χ2n) is 7.62. The minimum atomic E-state index is -4.57. The van der Waals surface area contributed by atoms with E-state index in [0.29, 0.717) is 33.5 Å². The molecule has 0 bridgehead atoms. The van der Waals surface area contributed by atoms with Gasteiger partial charge in [-0.25, -0.2) is 9.97 Å². The fourth-order valence-corrected chi connectivity index (χ4v) is 3.96. The van der Waals surface area contributed by atoms with Gasteiger partial charge in [0.1, 0.15) is 5.69 Å². The lowest BCUT2D eigenvalue weighted by atomic mass is 10.0. The van der Waals surface area contributed by atoms with Crippen LogP contribution < -0.4 is 10.4 Å². The number of rotatable bonds is 3. The van der Waals surface area contributed by atoms with E-state index in [9.17, 15) is 18.4 Å². The van der Waals surface area contributed by atoms with Crippen LogP contribution in [0.5, 0.6) is 5.88 Å². The van der Waals surface area contributed by atoms with Crippen LogP contribution in [0, 0.1) is 11.5 Å². The predicted octanol–water partition coefficient (Wildman–Crippen LogP) is 4.38. The second kappa shape index (κ2) is 8.25. The molecule has 5 rings (SSSR count). The predicted molar refractivity (Wildman–Crippen MR) is 121 cm³/mol. The highest BCUT2D eigenvalue weighted by atomic mass is 19.4. The van der Waals surface area contributed by atoms with Crippen molar-refractivity contribution in [2.24, 2.45) is 12.0 Å². The molecule has 0 saturated heterocycles. The van der Waals surface area contributed by atoms with Crippen LogP contribution in [0.2, 0.25) is 0 Å². The van der Waals surface area contributed by atoms with E-state index in [-0.39, 0.29) is 5.62 Å². The number of aryl methyl sites for hydroxylation is 1. The quantitative estimate of drug-likeness (QED) is 0.361. The zero-order chi connectivity index (χ0) is 24.7. The van der Waals surface area contributed by atoms with Crippen LogP contribution in [0.15, 0.2) is 66.0 Å². The third kappa shape index (κ3) is 3.74. The van der Waals surface area contributed by atoms with Crippen molar-refractivity contribution in [2.75, 3.05) is 7.11 Å².